The van der Waals surface area contributed by atoms with Gasteiger partial charge in [0.1, 0.15) is 11.5 Å². The van der Waals surface area contributed by atoms with Crippen LogP contribution in [0.15, 0.2) is 48.7 Å². The summed E-state index contributed by atoms with van der Waals surface area (Å²) < 4.78 is 1.86. The molecule has 7 nitrogen and oxygen atoms in total. The number of aromatic nitrogens is 3. The van der Waals surface area contributed by atoms with E-state index >= 15 is 0 Å². The van der Waals surface area contributed by atoms with Crippen LogP contribution in [0.3, 0.4) is 0 Å². The zero-order valence-electron chi connectivity index (χ0n) is 12.5. The molecule has 3 aromatic rings. The molecule has 2 heterocycles. The summed E-state index contributed by atoms with van der Waals surface area (Å²) in [6.07, 6.45) is 1.57. The van der Waals surface area contributed by atoms with Gasteiger partial charge in [-0.15, -0.1) is 0 Å². The molecule has 0 aliphatic heterocycles. The van der Waals surface area contributed by atoms with Gasteiger partial charge in [-0.3, -0.25) is 25.4 Å². The number of pyridine rings is 1. The molecule has 2 aromatic heterocycles. The number of nitrogens with one attached hydrogen (secondary N) is 2. The first-order chi connectivity index (χ1) is 11.1. The fourth-order valence-electron chi connectivity index (χ4n) is 2.23. The molecule has 0 saturated carbocycles. The SMILES string of the molecule is Cn1c(CC(=O)NNC(=O)c2ccccn2)nc2ccccc21. The first kappa shape index (κ1) is 14.7. The Morgan fingerprint density at radius 3 is 2.61 bits per heavy atom. The molecule has 0 aliphatic rings. The maximum absolute atomic E-state index is 12.0. The van der Waals surface area contributed by atoms with Gasteiger partial charge in [0, 0.05) is 13.2 Å². The van der Waals surface area contributed by atoms with E-state index < -0.39 is 5.91 Å². The number of rotatable bonds is 3. The minimum absolute atomic E-state index is 0.0632. The second kappa shape index (κ2) is 6.27. The summed E-state index contributed by atoms with van der Waals surface area (Å²) in [5.41, 5.74) is 6.72. The van der Waals surface area contributed by atoms with Crippen LogP contribution >= 0.6 is 0 Å². The maximum Gasteiger partial charge on any atom is 0.288 e. The summed E-state index contributed by atoms with van der Waals surface area (Å²) in [6.45, 7) is 0. The Hall–Kier alpha value is -3.22. The lowest BCUT2D eigenvalue weighted by Gasteiger charge is -2.07. The molecule has 3 rings (SSSR count). The van der Waals surface area contributed by atoms with Crippen LogP contribution in [-0.2, 0) is 18.3 Å². The smallest absolute Gasteiger partial charge is 0.288 e. The molecule has 23 heavy (non-hydrogen) atoms. The second-order valence-corrected chi connectivity index (χ2v) is 4.97. The van der Waals surface area contributed by atoms with Gasteiger partial charge in [-0.05, 0) is 24.3 Å². The second-order valence-electron chi connectivity index (χ2n) is 4.97. The van der Waals surface area contributed by atoms with Gasteiger partial charge in [-0.1, -0.05) is 18.2 Å². The van der Waals surface area contributed by atoms with Gasteiger partial charge < -0.3 is 4.57 Å². The Morgan fingerprint density at radius 1 is 1.09 bits per heavy atom. The van der Waals surface area contributed by atoms with Gasteiger partial charge >= 0.3 is 0 Å². The number of amides is 2. The van der Waals surface area contributed by atoms with Crippen molar-refractivity contribution in [2.24, 2.45) is 7.05 Å². The van der Waals surface area contributed by atoms with E-state index in [2.05, 4.69) is 20.8 Å². The highest BCUT2D eigenvalue weighted by Gasteiger charge is 2.13. The topological polar surface area (TPSA) is 88.9 Å². The van der Waals surface area contributed by atoms with Crippen molar-refractivity contribution in [2.75, 3.05) is 0 Å². The molecule has 0 saturated heterocycles. The van der Waals surface area contributed by atoms with Crippen LogP contribution in [0.5, 0.6) is 0 Å². The first-order valence-corrected chi connectivity index (χ1v) is 7.05. The monoisotopic (exact) mass is 309 g/mol. The largest absolute Gasteiger partial charge is 0.331 e. The highest BCUT2D eigenvalue weighted by molar-refractivity contribution is 5.93. The number of imidazole rings is 1. The van der Waals surface area contributed by atoms with E-state index in [9.17, 15) is 9.59 Å². The van der Waals surface area contributed by atoms with Gasteiger partial charge in [0.15, 0.2) is 0 Å². The normalized spacial score (nSPS) is 10.5. The molecule has 0 spiro atoms. The van der Waals surface area contributed by atoms with E-state index in [0.717, 1.165) is 11.0 Å². The third kappa shape index (κ3) is 3.18. The Labute approximate surface area is 132 Å². The van der Waals surface area contributed by atoms with Crippen LogP contribution in [0, 0.1) is 0 Å². The predicted molar refractivity (Wildman–Crippen MR) is 84.3 cm³/mol. The number of benzene rings is 1. The molecular weight excluding hydrogens is 294 g/mol. The maximum atomic E-state index is 12.0. The Bertz CT molecular complexity index is 857. The molecule has 0 aliphatic carbocycles. The number of hydrogen-bond donors (Lipinski definition) is 2. The van der Waals surface area contributed by atoms with Crippen molar-refractivity contribution >= 4 is 22.8 Å². The van der Waals surface area contributed by atoms with Crippen molar-refractivity contribution in [3.63, 3.8) is 0 Å². The number of carbonyl (C=O) groups excluding carboxylic acids is 2. The molecule has 0 fully saturated rings. The lowest BCUT2D eigenvalue weighted by atomic mass is 10.3. The van der Waals surface area contributed by atoms with Gasteiger partial charge in [-0.2, -0.15) is 0 Å². The predicted octanol–water partition coefficient (Wildman–Crippen LogP) is 0.972. The molecule has 0 bridgehead atoms. The Balaban J connectivity index is 1.63. The number of hydrazine groups is 1. The van der Waals surface area contributed by atoms with Gasteiger partial charge in [0.05, 0.1) is 17.5 Å². The molecule has 116 valence electrons. The van der Waals surface area contributed by atoms with Gasteiger partial charge in [0.25, 0.3) is 5.91 Å². The lowest BCUT2D eigenvalue weighted by Crippen LogP contribution is -2.42. The van der Waals surface area contributed by atoms with Crippen LogP contribution in [0.25, 0.3) is 11.0 Å². The van der Waals surface area contributed by atoms with Gasteiger partial charge in [0.2, 0.25) is 5.91 Å². The summed E-state index contributed by atoms with van der Waals surface area (Å²) in [4.78, 5) is 32.1. The quantitative estimate of drug-likeness (QED) is 0.706. The number of aryl methyl sites for hydroxylation is 1. The van der Waals surface area contributed by atoms with E-state index in [0.29, 0.717) is 5.82 Å². The summed E-state index contributed by atoms with van der Waals surface area (Å²) in [5.74, 6) is -0.201. The van der Waals surface area contributed by atoms with Gasteiger partial charge in [-0.25, -0.2) is 4.98 Å². The van der Waals surface area contributed by atoms with E-state index in [-0.39, 0.29) is 18.0 Å². The molecular formula is C16H15N5O2. The molecule has 2 amide bonds. The van der Waals surface area contributed by atoms with Crippen LogP contribution in [-0.4, -0.2) is 26.3 Å². The Morgan fingerprint density at radius 2 is 1.87 bits per heavy atom. The van der Waals surface area contributed by atoms with Crippen molar-refractivity contribution in [1.82, 2.24) is 25.4 Å². The number of nitrogens with zero attached hydrogens (tertiary/aromatic N) is 3. The standard InChI is InChI=1S/C16H15N5O2/c1-21-13-8-3-2-6-11(13)18-14(21)10-15(22)19-20-16(23)12-7-4-5-9-17-12/h2-9H,10H2,1H3,(H,19,22)(H,20,23). The molecule has 7 heteroatoms. The highest BCUT2D eigenvalue weighted by Crippen LogP contribution is 2.14. The van der Waals surface area contributed by atoms with Crippen LogP contribution in [0.2, 0.25) is 0 Å². The molecule has 0 atom stereocenters. The molecule has 2 N–H and O–H groups in total. The number of hydrogen-bond acceptors (Lipinski definition) is 4. The third-order valence-corrected chi connectivity index (χ3v) is 3.41. The number of para-hydroxylation sites is 2. The zero-order valence-corrected chi connectivity index (χ0v) is 12.5. The van der Waals surface area contributed by atoms with E-state index in [4.69, 9.17) is 0 Å². The molecule has 0 radical (unpaired) electrons. The highest BCUT2D eigenvalue weighted by atomic mass is 16.2. The van der Waals surface area contributed by atoms with E-state index in [1.54, 1.807) is 18.2 Å². The third-order valence-electron chi connectivity index (χ3n) is 3.41. The fourth-order valence-corrected chi connectivity index (χ4v) is 2.23. The number of fused-ring (bicyclic) bond motifs is 1. The van der Waals surface area contributed by atoms with Crippen LogP contribution < -0.4 is 10.9 Å². The van der Waals surface area contributed by atoms with E-state index in [1.807, 2.05) is 35.9 Å². The van der Waals surface area contributed by atoms with Crippen molar-refractivity contribution in [1.29, 1.82) is 0 Å². The minimum atomic E-state index is -0.469. The summed E-state index contributed by atoms with van der Waals surface area (Å²) in [6, 6.07) is 12.6. The summed E-state index contributed by atoms with van der Waals surface area (Å²) in [7, 11) is 1.85. The van der Waals surface area contributed by atoms with Crippen molar-refractivity contribution in [2.45, 2.75) is 6.42 Å². The van der Waals surface area contributed by atoms with Crippen molar-refractivity contribution in [3.8, 4) is 0 Å². The molecule has 0 unspecified atom stereocenters. The van der Waals surface area contributed by atoms with Crippen LogP contribution in [0.1, 0.15) is 16.3 Å². The zero-order chi connectivity index (χ0) is 16.2. The van der Waals surface area contributed by atoms with Crippen molar-refractivity contribution in [3.05, 3.63) is 60.2 Å². The average molecular weight is 309 g/mol. The van der Waals surface area contributed by atoms with Crippen molar-refractivity contribution < 1.29 is 9.59 Å². The minimum Gasteiger partial charge on any atom is -0.331 e. The van der Waals surface area contributed by atoms with E-state index in [1.165, 1.54) is 6.20 Å². The van der Waals surface area contributed by atoms with Crippen LogP contribution in [0.4, 0.5) is 0 Å². The first-order valence-electron chi connectivity index (χ1n) is 7.05. The summed E-state index contributed by atoms with van der Waals surface area (Å²) in [5, 5.41) is 0. The Kier molecular flexibility index (Phi) is 4.01. The number of carbonyl (C=O) groups is 2. The average Bonchev–Trinajstić information content (AvgIpc) is 2.90. The molecule has 1 aromatic carbocycles. The fraction of sp³-hybridized carbons (Fsp3) is 0.125. The summed E-state index contributed by atoms with van der Waals surface area (Å²) >= 11 is 0. The lowest BCUT2D eigenvalue weighted by molar-refractivity contribution is -0.121.